The third-order valence-electron chi connectivity index (χ3n) is 4.08. The lowest BCUT2D eigenvalue weighted by atomic mass is 9.92. The molecule has 3 heteroatoms. The number of esters is 1. The van der Waals surface area contributed by atoms with Crippen LogP contribution in [0, 0.1) is 13.8 Å². The first-order chi connectivity index (χ1) is 9.13. The molecule has 1 aliphatic carbocycles. The number of methoxy groups -OCH3 is 1. The molecule has 0 amide bonds. The third-order valence-corrected chi connectivity index (χ3v) is 4.08. The number of benzene rings is 1. The molecule has 1 aromatic heterocycles. The van der Waals surface area contributed by atoms with Crippen molar-refractivity contribution in [2.24, 2.45) is 0 Å². The lowest BCUT2D eigenvalue weighted by Crippen LogP contribution is -2.05. The largest absolute Gasteiger partial charge is 0.465 e. The van der Waals surface area contributed by atoms with Crippen molar-refractivity contribution < 1.29 is 13.9 Å². The van der Waals surface area contributed by atoms with Gasteiger partial charge in [0.2, 0.25) is 0 Å². The van der Waals surface area contributed by atoms with Crippen LogP contribution in [0.2, 0.25) is 0 Å². The number of furan rings is 1. The molecule has 2 aromatic rings. The fraction of sp³-hybridized carbons (Fsp3) is 0.438. The monoisotopic (exact) mass is 258 g/mol. The van der Waals surface area contributed by atoms with Crippen molar-refractivity contribution in [3.63, 3.8) is 0 Å². The molecule has 0 atom stereocenters. The number of rotatable bonds is 1. The Labute approximate surface area is 112 Å². The predicted molar refractivity (Wildman–Crippen MR) is 73.7 cm³/mol. The fourth-order valence-corrected chi connectivity index (χ4v) is 3.09. The second-order valence-corrected chi connectivity index (χ2v) is 5.27. The van der Waals surface area contributed by atoms with Crippen LogP contribution in [0.15, 0.2) is 10.5 Å². The molecule has 0 radical (unpaired) electrons. The molecule has 0 saturated heterocycles. The number of hydrogen-bond acceptors (Lipinski definition) is 3. The highest BCUT2D eigenvalue weighted by Gasteiger charge is 2.23. The van der Waals surface area contributed by atoms with E-state index >= 15 is 0 Å². The van der Waals surface area contributed by atoms with Crippen molar-refractivity contribution in [3.05, 3.63) is 34.1 Å². The maximum absolute atomic E-state index is 11.8. The molecule has 3 rings (SSSR count). The van der Waals surface area contributed by atoms with Gasteiger partial charge in [-0.1, -0.05) is 0 Å². The van der Waals surface area contributed by atoms with Gasteiger partial charge in [-0.05, 0) is 44.7 Å². The van der Waals surface area contributed by atoms with E-state index in [1.54, 1.807) is 0 Å². The van der Waals surface area contributed by atoms with Crippen molar-refractivity contribution in [1.82, 2.24) is 0 Å². The Morgan fingerprint density at radius 2 is 2.00 bits per heavy atom. The van der Waals surface area contributed by atoms with Gasteiger partial charge in [-0.2, -0.15) is 0 Å². The summed E-state index contributed by atoms with van der Waals surface area (Å²) in [4.78, 5) is 11.8. The van der Waals surface area contributed by atoms with Gasteiger partial charge in [-0.15, -0.1) is 0 Å². The zero-order chi connectivity index (χ0) is 13.6. The Kier molecular flexibility index (Phi) is 2.85. The Hall–Kier alpha value is -1.77. The Morgan fingerprint density at radius 3 is 2.74 bits per heavy atom. The average Bonchev–Trinajstić information content (AvgIpc) is 2.82. The summed E-state index contributed by atoms with van der Waals surface area (Å²) in [5.41, 5.74) is 4.82. The van der Waals surface area contributed by atoms with Crippen molar-refractivity contribution in [2.45, 2.75) is 39.5 Å². The quantitative estimate of drug-likeness (QED) is 0.732. The maximum Gasteiger partial charge on any atom is 0.338 e. The molecule has 0 bridgehead atoms. The zero-order valence-corrected chi connectivity index (χ0v) is 11.6. The van der Waals surface area contributed by atoms with Crippen LogP contribution >= 0.6 is 0 Å². The summed E-state index contributed by atoms with van der Waals surface area (Å²) in [6.45, 7) is 3.97. The average molecular weight is 258 g/mol. The number of hydrogen-bond donors (Lipinski definition) is 0. The Balaban J connectivity index is 2.32. The number of fused-ring (bicyclic) bond motifs is 3. The highest BCUT2D eigenvalue weighted by molar-refractivity contribution is 5.99. The number of carbonyl (C=O) groups excluding carboxylic acids is 1. The van der Waals surface area contributed by atoms with Crippen molar-refractivity contribution in [3.8, 4) is 0 Å². The highest BCUT2D eigenvalue weighted by Crippen LogP contribution is 2.36. The first-order valence-corrected chi connectivity index (χ1v) is 6.76. The molecule has 0 N–H and O–H groups in total. The van der Waals surface area contributed by atoms with Crippen molar-refractivity contribution >= 4 is 16.9 Å². The van der Waals surface area contributed by atoms with Crippen LogP contribution < -0.4 is 0 Å². The molecule has 0 unspecified atom stereocenters. The minimum absolute atomic E-state index is 0.295. The van der Waals surface area contributed by atoms with E-state index < -0.39 is 0 Å². The van der Waals surface area contributed by atoms with Gasteiger partial charge in [0.1, 0.15) is 11.3 Å². The zero-order valence-electron chi connectivity index (χ0n) is 11.6. The van der Waals surface area contributed by atoms with E-state index in [4.69, 9.17) is 9.15 Å². The molecular weight excluding hydrogens is 240 g/mol. The topological polar surface area (TPSA) is 39.4 Å². The van der Waals surface area contributed by atoms with E-state index in [-0.39, 0.29) is 5.97 Å². The first-order valence-electron chi connectivity index (χ1n) is 6.76. The predicted octanol–water partition coefficient (Wildman–Crippen LogP) is 3.72. The smallest absolute Gasteiger partial charge is 0.338 e. The summed E-state index contributed by atoms with van der Waals surface area (Å²) < 4.78 is 10.9. The van der Waals surface area contributed by atoms with Gasteiger partial charge in [0.25, 0.3) is 0 Å². The van der Waals surface area contributed by atoms with Gasteiger partial charge in [0, 0.05) is 22.9 Å². The molecule has 0 spiro atoms. The highest BCUT2D eigenvalue weighted by atomic mass is 16.5. The molecule has 1 aliphatic rings. The first kappa shape index (κ1) is 12.3. The summed E-state index contributed by atoms with van der Waals surface area (Å²) in [7, 11) is 1.41. The van der Waals surface area contributed by atoms with Crippen LogP contribution in [0.1, 0.15) is 45.7 Å². The van der Waals surface area contributed by atoms with Crippen LogP contribution in [-0.4, -0.2) is 13.1 Å². The second kappa shape index (κ2) is 4.41. The van der Waals surface area contributed by atoms with E-state index in [9.17, 15) is 4.79 Å². The van der Waals surface area contributed by atoms with Gasteiger partial charge in [-0.3, -0.25) is 0 Å². The van der Waals surface area contributed by atoms with Crippen LogP contribution in [0.5, 0.6) is 0 Å². The van der Waals surface area contributed by atoms with E-state index in [0.717, 1.165) is 35.3 Å². The summed E-state index contributed by atoms with van der Waals surface area (Å²) in [5, 5.41) is 1.21. The van der Waals surface area contributed by atoms with Gasteiger partial charge in [-0.25, -0.2) is 4.79 Å². The number of aryl methyl sites for hydroxylation is 4. The molecule has 1 aromatic carbocycles. The van der Waals surface area contributed by atoms with Crippen molar-refractivity contribution in [2.75, 3.05) is 7.11 Å². The van der Waals surface area contributed by atoms with Gasteiger partial charge in [0.15, 0.2) is 0 Å². The molecule has 0 fully saturated rings. The minimum Gasteiger partial charge on any atom is -0.465 e. The van der Waals surface area contributed by atoms with Gasteiger partial charge < -0.3 is 9.15 Å². The van der Waals surface area contributed by atoms with E-state index in [2.05, 4.69) is 0 Å². The van der Waals surface area contributed by atoms with E-state index in [1.165, 1.54) is 30.9 Å². The summed E-state index contributed by atoms with van der Waals surface area (Å²) in [5.74, 6) is 0.811. The van der Waals surface area contributed by atoms with Crippen LogP contribution in [0.3, 0.4) is 0 Å². The van der Waals surface area contributed by atoms with Crippen LogP contribution in [0.25, 0.3) is 11.0 Å². The molecule has 0 aliphatic heterocycles. The molecule has 1 heterocycles. The lowest BCUT2D eigenvalue weighted by Gasteiger charge is -2.10. The summed E-state index contributed by atoms with van der Waals surface area (Å²) in [6.07, 6.45) is 4.50. The molecule has 19 heavy (non-hydrogen) atoms. The molecular formula is C16H18O3. The van der Waals surface area contributed by atoms with E-state index in [1.807, 2.05) is 19.9 Å². The van der Waals surface area contributed by atoms with Crippen LogP contribution in [-0.2, 0) is 17.6 Å². The fourth-order valence-electron chi connectivity index (χ4n) is 3.09. The normalized spacial score (nSPS) is 14.5. The summed E-state index contributed by atoms with van der Waals surface area (Å²) in [6, 6.07) is 1.92. The Bertz CT molecular complexity index is 664. The number of carbonyl (C=O) groups is 1. The van der Waals surface area contributed by atoms with Gasteiger partial charge >= 0.3 is 5.97 Å². The lowest BCUT2D eigenvalue weighted by molar-refractivity contribution is 0.0600. The summed E-state index contributed by atoms with van der Waals surface area (Å²) >= 11 is 0. The van der Waals surface area contributed by atoms with E-state index in [0.29, 0.717) is 5.56 Å². The second-order valence-electron chi connectivity index (χ2n) is 5.27. The van der Waals surface area contributed by atoms with Crippen molar-refractivity contribution in [1.29, 1.82) is 0 Å². The minimum atomic E-state index is -0.295. The third kappa shape index (κ3) is 1.76. The Morgan fingerprint density at radius 1 is 1.26 bits per heavy atom. The standard InChI is InChI=1S/C16H18O3/c1-9-8-12(16(17)18-3)10(2)15-14(9)11-6-4-5-7-13(11)19-15/h8H,4-7H2,1-3H3. The molecule has 100 valence electrons. The molecule has 3 nitrogen and oxygen atoms in total. The number of ether oxygens (including phenoxy) is 1. The van der Waals surface area contributed by atoms with Gasteiger partial charge in [0.05, 0.1) is 12.7 Å². The SMILES string of the molecule is COC(=O)c1cc(C)c2c3c(oc2c1C)CCCC3. The molecule has 0 saturated carbocycles. The van der Waals surface area contributed by atoms with Crippen LogP contribution in [0.4, 0.5) is 0 Å². The maximum atomic E-state index is 11.8.